The van der Waals surface area contributed by atoms with Crippen LogP contribution >= 0.6 is 11.6 Å². The van der Waals surface area contributed by atoms with Crippen LogP contribution in [0.5, 0.6) is 0 Å². The zero-order valence-electron chi connectivity index (χ0n) is 9.07. The summed E-state index contributed by atoms with van der Waals surface area (Å²) in [6.07, 6.45) is 0.425. The summed E-state index contributed by atoms with van der Waals surface area (Å²) in [6.45, 7) is 3.52. The number of halogens is 1. The molecule has 0 heterocycles. The zero-order valence-corrected chi connectivity index (χ0v) is 9.82. The quantitative estimate of drug-likeness (QED) is 0.600. The van der Waals surface area contributed by atoms with E-state index >= 15 is 0 Å². The molecule has 5 heteroatoms. The van der Waals surface area contributed by atoms with Gasteiger partial charge in [0, 0.05) is 24.5 Å². The van der Waals surface area contributed by atoms with Crippen LogP contribution in [0.15, 0.2) is 18.2 Å². The highest BCUT2D eigenvalue weighted by atomic mass is 35.5. The van der Waals surface area contributed by atoms with E-state index in [9.17, 15) is 14.9 Å². The van der Waals surface area contributed by atoms with Crippen molar-refractivity contribution >= 4 is 23.1 Å². The summed E-state index contributed by atoms with van der Waals surface area (Å²) in [5.74, 6) is -0.256. The molecule has 16 heavy (non-hydrogen) atoms. The predicted octanol–water partition coefficient (Wildman–Crippen LogP) is 3.33. The van der Waals surface area contributed by atoms with E-state index in [0.29, 0.717) is 12.0 Å². The third kappa shape index (κ3) is 2.58. The van der Waals surface area contributed by atoms with Crippen LogP contribution in [-0.2, 0) is 4.79 Å². The van der Waals surface area contributed by atoms with Gasteiger partial charge in [-0.05, 0) is 5.56 Å². The van der Waals surface area contributed by atoms with Crippen molar-refractivity contribution in [3.63, 3.8) is 0 Å². The number of non-ortho nitro benzene ring substituents is 1. The predicted molar refractivity (Wildman–Crippen MR) is 61.8 cm³/mol. The van der Waals surface area contributed by atoms with Crippen LogP contribution in [0.3, 0.4) is 0 Å². The average molecular weight is 242 g/mol. The molecule has 1 unspecified atom stereocenters. The van der Waals surface area contributed by atoms with Crippen molar-refractivity contribution in [1.29, 1.82) is 0 Å². The highest BCUT2D eigenvalue weighted by molar-refractivity contribution is 6.31. The van der Waals surface area contributed by atoms with Crippen LogP contribution in [0.4, 0.5) is 5.69 Å². The third-order valence-corrected chi connectivity index (χ3v) is 2.82. The maximum Gasteiger partial charge on any atom is 0.270 e. The lowest BCUT2D eigenvalue weighted by Gasteiger charge is -2.11. The number of carbonyl (C=O) groups is 1. The first-order valence-corrected chi connectivity index (χ1v) is 5.31. The molecule has 0 aliphatic carbocycles. The molecule has 0 bridgehead atoms. The molecule has 86 valence electrons. The Kier molecular flexibility index (Phi) is 4.01. The summed E-state index contributed by atoms with van der Waals surface area (Å²) in [5, 5.41) is 10.8. The molecule has 1 aromatic rings. The van der Waals surface area contributed by atoms with Gasteiger partial charge >= 0.3 is 0 Å². The van der Waals surface area contributed by atoms with Gasteiger partial charge in [-0.3, -0.25) is 14.9 Å². The van der Waals surface area contributed by atoms with Crippen molar-refractivity contribution in [3.8, 4) is 0 Å². The Balaban J connectivity index is 3.08. The highest BCUT2D eigenvalue weighted by Crippen LogP contribution is 2.29. The first-order valence-electron chi connectivity index (χ1n) is 4.94. The van der Waals surface area contributed by atoms with Gasteiger partial charge in [-0.15, -0.1) is 0 Å². The Morgan fingerprint density at radius 1 is 1.56 bits per heavy atom. The van der Waals surface area contributed by atoms with E-state index in [1.165, 1.54) is 12.1 Å². The maximum absolute atomic E-state index is 11.5. The Hall–Kier alpha value is -1.42. The topological polar surface area (TPSA) is 60.2 Å². The molecule has 0 spiro atoms. The number of Topliss-reactive ketones (excluding diaryl/α,β-unsaturated/α-hetero) is 1. The fourth-order valence-corrected chi connectivity index (χ4v) is 1.80. The van der Waals surface area contributed by atoms with Crippen LogP contribution in [0, 0.1) is 10.1 Å². The molecular formula is C11H12ClNO3. The Bertz CT molecular complexity index is 431. The summed E-state index contributed by atoms with van der Waals surface area (Å²) in [5.41, 5.74) is 0.573. The molecule has 0 aliphatic heterocycles. The van der Waals surface area contributed by atoms with Gasteiger partial charge in [-0.25, -0.2) is 0 Å². The number of rotatable bonds is 4. The monoisotopic (exact) mass is 241 g/mol. The largest absolute Gasteiger partial charge is 0.299 e. The molecule has 1 aromatic carbocycles. The zero-order chi connectivity index (χ0) is 12.3. The summed E-state index contributed by atoms with van der Waals surface area (Å²) < 4.78 is 0. The second kappa shape index (κ2) is 5.07. The fraction of sp³-hybridized carbons (Fsp3) is 0.364. The van der Waals surface area contributed by atoms with Crippen molar-refractivity contribution in [2.75, 3.05) is 0 Å². The number of hydrogen-bond donors (Lipinski definition) is 0. The van der Waals surface area contributed by atoms with E-state index < -0.39 is 4.92 Å². The van der Waals surface area contributed by atoms with Gasteiger partial charge in [-0.2, -0.15) is 0 Å². The summed E-state index contributed by atoms with van der Waals surface area (Å²) in [4.78, 5) is 21.5. The number of benzene rings is 1. The lowest BCUT2D eigenvalue weighted by Crippen LogP contribution is -2.08. The molecular weight excluding hydrogens is 230 g/mol. The smallest absolute Gasteiger partial charge is 0.270 e. The molecule has 0 N–H and O–H groups in total. The molecule has 0 aromatic heterocycles. The number of nitro benzene ring substituents is 1. The summed E-state index contributed by atoms with van der Waals surface area (Å²) in [7, 11) is 0. The van der Waals surface area contributed by atoms with E-state index in [1.807, 2.05) is 0 Å². The van der Waals surface area contributed by atoms with Crippen molar-refractivity contribution in [1.82, 2.24) is 0 Å². The minimum Gasteiger partial charge on any atom is -0.299 e. The van der Waals surface area contributed by atoms with E-state index in [0.717, 1.165) is 0 Å². The van der Waals surface area contributed by atoms with Gasteiger partial charge < -0.3 is 0 Å². The number of nitro groups is 1. The number of hydrogen-bond acceptors (Lipinski definition) is 3. The Labute approximate surface area is 98.4 Å². The van der Waals surface area contributed by atoms with E-state index in [-0.39, 0.29) is 22.4 Å². The molecule has 1 rings (SSSR count). The van der Waals surface area contributed by atoms with Gasteiger partial charge in [0.15, 0.2) is 0 Å². The number of ketones is 1. The van der Waals surface area contributed by atoms with Gasteiger partial charge in [0.05, 0.1) is 9.95 Å². The molecule has 4 nitrogen and oxygen atoms in total. The van der Waals surface area contributed by atoms with E-state index in [4.69, 9.17) is 11.6 Å². The highest BCUT2D eigenvalue weighted by Gasteiger charge is 2.18. The second-order valence-corrected chi connectivity index (χ2v) is 3.91. The van der Waals surface area contributed by atoms with Crippen molar-refractivity contribution < 1.29 is 9.72 Å². The molecule has 0 aliphatic rings. The second-order valence-electron chi connectivity index (χ2n) is 3.50. The average Bonchev–Trinajstić information content (AvgIpc) is 2.26. The van der Waals surface area contributed by atoms with Crippen molar-refractivity contribution in [3.05, 3.63) is 38.9 Å². The first kappa shape index (κ1) is 12.6. The molecule has 1 atom stereocenters. The van der Waals surface area contributed by atoms with Crippen LogP contribution in [0.1, 0.15) is 31.7 Å². The van der Waals surface area contributed by atoms with Crippen LogP contribution in [-0.4, -0.2) is 10.7 Å². The Morgan fingerprint density at radius 3 is 2.62 bits per heavy atom. The summed E-state index contributed by atoms with van der Waals surface area (Å²) >= 11 is 5.91. The van der Waals surface area contributed by atoms with E-state index in [1.54, 1.807) is 19.9 Å². The van der Waals surface area contributed by atoms with Gasteiger partial charge in [0.2, 0.25) is 0 Å². The molecule has 0 radical (unpaired) electrons. The lowest BCUT2D eigenvalue weighted by molar-refractivity contribution is -0.384. The lowest BCUT2D eigenvalue weighted by atomic mass is 9.95. The number of carbonyl (C=O) groups excluding carboxylic acids is 1. The van der Waals surface area contributed by atoms with Crippen molar-refractivity contribution in [2.45, 2.75) is 26.2 Å². The Morgan fingerprint density at radius 2 is 2.19 bits per heavy atom. The normalized spacial score (nSPS) is 12.2. The number of nitrogens with zero attached hydrogens (tertiary/aromatic N) is 1. The fourth-order valence-electron chi connectivity index (χ4n) is 1.46. The SMILES string of the molecule is CCC(=O)C(C)c1ccc([N+](=O)[O-])cc1Cl. The van der Waals surface area contributed by atoms with Crippen LogP contribution in [0.2, 0.25) is 5.02 Å². The first-order chi connectivity index (χ1) is 7.47. The molecule has 0 saturated heterocycles. The minimum absolute atomic E-state index is 0.0649. The molecule has 0 saturated carbocycles. The van der Waals surface area contributed by atoms with E-state index in [2.05, 4.69) is 0 Å². The molecule has 0 fully saturated rings. The van der Waals surface area contributed by atoms with Crippen LogP contribution < -0.4 is 0 Å². The summed E-state index contributed by atoms with van der Waals surface area (Å²) in [6, 6.07) is 4.18. The van der Waals surface area contributed by atoms with Crippen molar-refractivity contribution in [2.24, 2.45) is 0 Å². The third-order valence-electron chi connectivity index (χ3n) is 2.49. The van der Waals surface area contributed by atoms with Crippen LogP contribution in [0.25, 0.3) is 0 Å². The maximum atomic E-state index is 11.5. The minimum atomic E-state index is -0.512. The van der Waals surface area contributed by atoms with Gasteiger partial charge in [0.1, 0.15) is 5.78 Å². The van der Waals surface area contributed by atoms with Gasteiger partial charge in [-0.1, -0.05) is 31.5 Å². The standard InChI is InChI=1S/C11H12ClNO3/c1-3-11(14)7(2)9-5-4-8(13(15)16)6-10(9)12/h4-7H,3H2,1-2H3. The van der Waals surface area contributed by atoms with Gasteiger partial charge in [0.25, 0.3) is 5.69 Å². The molecule has 0 amide bonds.